The van der Waals surface area contributed by atoms with E-state index in [1.54, 1.807) is 10.7 Å². The summed E-state index contributed by atoms with van der Waals surface area (Å²) >= 11 is 0. The molecule has 1 aliphatic carbocycles. The van der Waals surface area contributed by atoms with Gasteiger partial charge in [-0.25, -0.2) is 9.50 Å². The predicted molar refractivity (Wildman–Crippen MR) is 106 cm³/mol. The van der Waals surface area contributed by atoms with Crippen LogP contribution in [0.2, 0.25) is 0 Å². The van der Waals surface area contributed by atoms with Crippen molar-refractivity contribution in [2.24, 2.45) is 5.73 Å². The summed E-state index contributed by atoms with van der Waals surface area (Å²) in [5.74, 6) is 0.931. The smallest absolute Gasteiger partial charge is 0.177 e. The van der Waals surface area contributed by atoms with Crippen LogP contribution in [0, 0.1) is 13.8 Å². The Morgan fingerprint density at radius 3 is 2.46 bits per heavy atom. The van der Waals surface area contributed by atoms with E-state index >= 15 is 0 Å². The number of imidazole rings is 1. The Hall–Kier alpha value is -2.60. The number of nitrogen functional groups attached to an aromatic ring is 1. The van der Waals surface area contributed by atoms with Gasteiger partial charge in [0.05, 0.1) is 5.69 Å². The molecule has 1 fully saturated rings. The molecule has 3 aromatic rings. The van der Waals surface area contributed by atoms with Gasteiger partial charge < -0.3 is 16.8 Å². The maximum Gasteiger partial charge on any atom is 0.177 e. The molecule has 6 nitrogen and oxygen atoms in total. The van der Waals surface area contributed by atoms with Crippen molar-refractivity contribution in [3.63, 3.8) is 0 Å². The number of nitrogens with one attached hydrogen (secondary N) is 1. The largest absolute Gasteiger partial charge is 0.382 e. The highest BCUT2D eigenvalue weighted by atomic mass is 15.3. The number of benzene rings is 1. The normalized spacial score (nSPS) is 20.4. The molecule has 0 bridgehead atoms. The summed E-state index contributed by atoms with van der Waals surface area (Å²) in [5.41, 5.74) is 18.8. The quantitative estimate of drug-likeness (QED) is 0.670. The van der Waals surface area contributed by atoms with E-state index < -0.39 is 0 Å². The zero-order chi connectivity index (χ0) is 18.3. The Kier molecular flexibility index (Phi) is 4.28. The van der Waals surface area contributed by atoms with Crippen LogP contribution in [0.3, 0.4) is 0 Å². The number of aromatic nitrogens is 3. The van der Waals surface area contributed by atoms with Gasteiger partial charge in [0.15, 0.2) is 5.65 Å². The molecule has 136 valence electrons. The Morgan fingerprint density at radius 2 is 1.77 bits per heavy atom. The molecular weight excluding hydrogens is 324 g/mol. The lowest BCUT2D eigenvalue weighted by atomic mass is 9.81. The molecule has 4 rings (SSSR count). The lowest BCUT2D eigenvalue weighted by Crippen LogP contribution is -2.26. The van der Waals surface area contributed by atoms with Crippen LogP contribution in [-0.4, -0.2) is 20.6 Å². The van der Waals surface area contributed by atoms with E-state index in [1.165, 1.54) is 11.1 Å². The zero-order valence-corrected chi connectivity index (χ0v) is 15.4. The van der Waals surface area contributed by atoms with E-state index in [2.05, 4.69) is 47.4 Å². The van der Waals surface area contributed by atoms with E-state index in [-0.39, 0.29) is 0 Å². The van der Waals surface area contributed by atoms with Gasteiger partial charge in [0.25, 0.3) is 0 Å². The highest BCUT2D eigenvalue weighted by Gasteiger charge is 2.27. The van der Waals surface area contributed by atoms with Crippen LogP contribution in [0.4, 0.5) is 17.2 Å². The van der Waals surface area contributed by atoms with Crippen LogP contribution in [-0.2, 0) is 0 Å². The van der Waals surface area contributed by atoms with Gasteiger partial charge >= 0.3 is 0 Å². The molecule has 0 atom stereocenters. The van der Waals surface area contributed by atoms with Crippen LogP contribution in [0.5, 0.6) is 0 Å². The average Bonchev–Trinajstić information content (AvgIpc) is 3.03. The Bertz CT molecular complexity index is 917. The Morgan fingerprint density at radius 1 is 1.08 bits per heavy atom. The Balaban J connectivity index is 1.82. The summed E-state index contributed by atoms with van der Waals surface area (Å²) < 4.78 is 1.75. The van der Waals surface area contributed by atoms with Crippen molar-refractivity contribution in [2.45, 2.75) is 51.5 Å². The summed E-state index contributed by atoms with van der Waals surface area (Å²) in [6.07, 6.45) is 7.70. The van der Waals surface area contributed by atoms with Crippen LogP contribution in [0.1, 0.15) is 48.3 Å². The summed E-state index contributed by atoms with van der Waals surface area (Å²) in [6.45, 7) is 4.21. The van der Waals surface area contributed by atoms with E-state index in [9.17, 15) is 0 Å². The molecule has 0 amide bonds. The molecule has 6 heteroatoms. The number of rotatable bonds is 3. The van der Waals surface area contributed by atoms with E-state index in [4.69, 9.17) is 11.5 Å². The molecule has 1 saturated carbocycles. The third kappa shape index (κ3) is 3.12. The van der Waals surface area contributed by atoms with Crippen molar-refractivity contribution in [2.75, 3.05) is 11.1 Å². The van der Waals surface area contributed by atoms with Gasteiger partial charge in [-0.3, -0.25) is 0 Å². The topological polar surface area (TPSA) is 94.3 Å². The minimum absolute atomic E-state index is 0.298. The summed E-state index contributed by atoms with van der Waals surface area (Å²) in [5, 5.41) is 8.13. The molecule has 5 N–H and O–H groups in total. The van der Waals surface area contributed by atoms with Gasteiger partial charge in [-0.1, -0.05) is 6.07 Å². The third-order valence-corrected chi connectivity index (χ3v) is 5.28. The highest BCUT2D eigenvalue weighted by Crippen LogP contribution is 2.41. The standard InChI is InChI=1S/C20H26N6/c1-12-9-13(2)11-16(10-12)24-18-17(14-3-5-15(21)6-4-14)19(22)25-26-8-7-23-20(18)26/h7-11,14-15,24H,3-6,21H2,1-2H3,(H2,22,25). The lowest BCUT2D eigenvalue weighted by Gasteiger charge is -2.29. The number of nitrogens with two attached hydrogens (primary N) is 2. The minimum atomic E-state index is 0.298. The minimum Gasteiger partial charge on any atom is -0.382 e. The van der Waals surface area contributed by atoms with E-state index in [1.807, 2.05) is 6.20 Å². The number of fused-ring (bicyclic) bond motifs is 1. The van der Waals surface area contributed by atoms with Crippen LogP contribution in [0.15, 0.2) is 30.6 Å². The summed E-state index contributed by atoms with van der Waals surface area (Å²) in [6, 6.07) is 6.75. The van der Waals surface area contributed by atoms with Gasteiger partial charge in [0.2, 0.25) is 0 Å². The van der Waals surface area contributed by atoms with E-state index in [0.29, 0.717) is 17.8 Å². The number of anilines is 3. The maximum absolute atomic E-state index is 6.39. The van der Waals surface area contributed by atoms with Gasteiger partial charge in [-0.15, -0.1) is 5.10 Å². The second-order valence-corrected chi connectivity index (χ2v) is 7.48. The molecule has 1 aliphatic rings. The third-order valence-electron chi connectivity index (χ3n) is 5.28. The molecule has 26 heavy (non-hydrogen) atoms. The van der Waals surface area contributed by atoms with Crippen molar-refractivity contribution in [1.82, 2.24) is 14.6 Å². The van der Waals surface area contributed by atoms with E-state index in [0.717, 1.165) is 48.3 Å². The maximum atomic E-state index is 6.39. The molecule has 0 radical (unpaired) electrons. The molecular formula is C20H26N6. The van der Waals surface area contributed by atoms with Crippen LogP contribution in [0.25, 0.3) is 5.65 Å². The van der Waals surface area contributed by atoms with Crippen LogP contribution >= 0.6 is 0 Å². The number of hydrogen-bond acceptors (Lipinski definition) is 5. The van der Waals surface area contributed by atoms with Crippen molar-refractivity contribution in [1.29, 1.82) is 0 Å². The molecule has 2 aromatic heterocycles. The van der Waals surface area contributed by atoms with Crippen LogP contribution < -0.4 is 16.8 Å². The number of hydrogen-bond donors (Lipinski definition) is 3. The summed E-state index contributed by atoms with van der Waals surface area (Å²) in [7, 11) is 0. The molecule has 2 heterocycles. The fraction of sp³-hybridized carbons (Fsp3) is 0.400. The first-order valence-electron chi connectivity index (χ1n) is 9.25. The van der Waals surface area contributed by atoms with Crippen molar-refractivity contribution in [3.8, 4) is 0 Å². The lowest BCUT2D eigenvalue weighted by molar-refractivity contribution is 0.396. The van der Waals surface area contributed by atoms with Gasteiger partial charge in [-0.2, -0.15) is 0 Å². The molecule has 0 aliphatic heterocycles. The van der Waals surface area contributed by atoms with Gasteiger partial charge in [0, 0.05) is 29.7 Å². The Labute approximate surface area is 153 Å². The SMILES string of the molecule is Cc1cc(C)cc(Nc2c(C3CCC(N)CC3)c(N)nn3ccnc23)c1. The molecule has 0 saturated heterocycles. The number of nitrogens with zero attached hydrogens (tertiary/aromatic N) is 3. The summed E-state index contributed by atoms with van der Waals surface area (Å²) in [4.78, 5) is 4.53. The van der Waals surface area contributed by atoms with Gasteiger partial charge in [-0.05, 0) is 68.7 Å². The monoisotopic (exact) mass is 350 g/mol. The molecule has 0 spiro atoms. The zero-order valence-electron chi connectivity index (χ0n) is 15.4. The first-order chi connectivity index (χ1) is 12.5. The predicted octanol–water partition coefficient (Wildman–Crippen LogP) is 3.66. The van der Waals surface area contributed by atoms with Crippen molar-refractivity contribution in [3.05, 3.63) is 47.3 Å². The second kappa shape index (κ2) is 6.61. The molecule has 0 unspecified atom stereocenters. The first kappa shape index (κ1) is 16.8. The highest BCUT2D eigenvalue weighted by molar-refractivity contribution is 5.81. The van der Waals surface area contributed by atoms with Crippen molar-refractivity contribution >= 4 is 22.8 Å². The average molecular weight is 350 g/mol. The fourth-order valence-corrected chi connectivity index (χ4v) is 4.11. The molecule has 1 aromatic carbocycles. The second-order valence-electron chi connectivity index (χ2n) is 7.48. The fourth-order valence-electron chi connectivity index (χ4n) is 4.11. The first-order valence-corrected chi connectivity index (χ1v) is 9.25. The number of aryl methyl sites for hydroxylation is 2. The van der Waals surface area contributed by atoms with Gasteiger partial charge in [0.1, 0.15) is 5.82 Å². The van der Waals surface area contributed by atoms with Crippen molar-refractivity contribution < 1.29 is 0 Å².